The number of aliphatic imine (C=N–C) groups is 1. The van der Waals surface area contributed by atoms with Crippen molar-refractivity contribution < 1.29 is 38.7 Å². The lowest BCUT2D eigenvalue weighted by Gasteiger charge is -2.28. The van der Waals surface area contributed by atoms with Crippen molar-refractivity contribution in [2.75, 3.05) is 26.7 Å². The maximum Gasteiger partial charge on any atom is 0.245 e. The molecule has 1 heterocycles. The molecule has 0 aliphatic carbocycles. The molecule has 0 radical (unpaired) electrons. The summed E-state index contributed by atoms with van der Waals surface area (Å²) in [7, 11) is 1.61. The first-order chi connectivity index (χ1) is 27.7. The van der Waals surface area contributed by atoms with E-state index in [0.717, 1.165) is 11.1 Å². The van der Waals surface area contributed by atoms with E-state index >= 15 is 0 Å². The highest BCUT2D eigenvalue weighted by Crippen LogP contribution is 2.18. The monoisotopic (exact) mass is 806 g/mol. The van der Waals surface area contributed by atoms with Gasteiger partial charge in [-0.15, -0.1) is 0 Å². The molecular weight excluding hydrogens is 749 g/mol. The number of aldehydes is 1. The van der Waals surface area contributed by atoms with Gasteiger partial charge in [-0.3, -0.25) is 33.8 Å². The van der Waals surface area contributed by atoms with Gasteiger partial charge in [0.25, 0.3) is 0 Å². The Labute approximate surface area is 338 Å². The van der Waals surface area contributed by atoms with Crippen LogP contribution in [0.1, 0.15) is 63.5 Å². The Morgan fingerprint density at radius 1 is 0.810 bits per heavy atom. The fourth-order valence-corrected chi connectivity index (χ4v) is 6.53. The number of phenolic OH excluding ortho intramolecular Hbond substituents is 1. The number of aromatic hydroxyl groups is 1. The van der Waals surface area contributed by atoms with Crippen molar-refractivity contribution in [3.05, 3.63) is 65.7 Å². The summed E-state index contributed by atoms with van der Waals surface area (Å²) in [5.41, 5.74) is 12.5. The first-order valence-electron chi connectivity index (χ1n) is 19.5. The third-order valence-corrected chi connectivity index (χ3v) is 9.67. The number of carbonyl (C=O) groups excluding carboxylic acids is 7. The van der Waals surface area contributed by atoms with E-state index in [1.165, 1.54) is 30.9 Å². The van der Waals surface area contributed by atoms with Gasteiger partial charge in [0.05, 0.1) is 12.1 Å². The van der Waals surface area contributed by atoms with Crippen molar-refractivity contribution in [3.8, 4) is 5.75 Å². The van der Waals surface area contributed by atoms with Gasteiger partial charge in [0.1, 0.15) is 36.2 Å². The molecule has 3 rings (SSSR count). The predicted octanol–water partition coefficient (Wildman–Crippen LogP) is -1.12. The highest BCUT2D eigenvalue weighted by molar-refractivity contribution is 5.94. The lowest BCUT2D eigenvalue weighted by molar-refractivity contribution is -0.139. The molecule has 0 aromatic heterocycles. The molecule has 1 fully saturated rings. The quantitative estimate of drug-likeness (QED) is 0.0281. The Hall–Kier alpha value is -6.04. The van der Waals surface area contributed by atoms with E-state index in [1.54, 1.807) is 19.2 Å². The molecule has 1 saturated heterocycles. The minimum Gasteiger partial charge on any atom is -0.508 e. The van der Waals surface area contributed by atoms with Gasteiger partial charge in [-0.05, 0) is 82.2 Å². The largest absolute Gasteiger partial charge is 0.508 e. The van der Waals surface area contributed by atoms with Gasteiger partial charge in [0.15, 0.2) is 5.96 Å². The van der Waals surface area contributed by atoms with Crippen LogP contribution in [0.4, 0.5) is 0 Å². The molecule has 2 aromatic rings. The lowest BCUT2D eigenvalue weighted by Crippen LogP contribution is -2.56. The Bertz CT molecular complexity index is 1720. The zero-order valence-electron chi connectivity index (χ0n) is 33.4. The first-order valence-corrected chi connectivity index (χ1v) is 19.5. The first kappa shape index (κ1) is 46.3. The van der Waals surface area contributed by atoms with Crippen LogP contribution in [0, 0.1) is 0 Å². The number of benzene rings is 2. The number of hydrogen-bond donors (Lipinski definition) is 9. The maximum atomic E-state index is 13.8. The topological polar surface area (TPSA) is 280 Å². The van der Waals surface area contributed by atoms with Crippen molar-refractivity contribution in [1.82, 2.24) is 36.8 Å². The standard InChI is InChI=1S/C40H58N10O8/c1-25(46-37(56)33(43-3)22-28-15-17-30(53)18-16-28)35(54)48-31(13-7-20-45-40(41)42)36(55)44-19-8-14-32(39(58)50-21-9-12-29(50)24-51)49-38(57)34(47-26(2)52)23-27-10-5-4-6-11-27/h4-6,10-11,15-18,24-25,29,31-34,43,53H,7-9,12-14,19-23H2,1-3H3,(H,44,55)(H,46,56)(H,47,52)(H,48,54)(H,49,57)(H4,41,42,45)/t25?,29?,31?,32-,33+,34-/m0/s1. The Balaban J connectivity index is 1.66. The third-order valence-electron chi connectivity index (χ3n) is 9.67. The van der Waals surface area contributed by atoms with Crippen LogP contribution < -0.4 is 43.4 Å². The summed E-state index contributed by atoms with van der Waals surface area (Å²) in [6.45, 7) is 3.39. The summed E-state index contributed by atoms with van der Waals surface area (Å²) in [4.78, 5) is 96.4. The number of likely N-dealkylation sites (N-methyl/N-ethyl adjacent to an activating group) is 1. The van der Waals surface area contributed by atoms with Crippen LogP contribution in [-0.4, -0.2) is 121 Å². The Morgan fingerprint density at radius 3 is 2.07 bits per heavy atom. The number of likely N-dealkylation sites (tertiary alicyclic amines) is 1. The SMILES string of the molecule is CN[C@H](Cc1ccc(O)cc1)C(=O)NC(C)C(=O)NC(CCCN=C(N)N)C(=O)NCCC[C@H](NC(=O)[C@H](Cc1ccccc1)NC(C)=O)C(=O)N1CCCC1C=O. The second kappa shape index (κ2) is 23.9. The average Bonchev–Trinajstić information content (AvgIpc) is 3.68. The van der Waals surface area contributed by atoms with E-state index in [9.17, 15) is 38.7 Å². The van der Waals surface area contributed by atoms with Crippen LogP contribution in [-0.2, 0) is 46.4 Å². The van der Waals surface area contributed by atoms with Gasteiger partial charge in [0.2, 0.25) is 35.4 Å². The molecular formula is C40H58N10O8. The molecule has 11 N–H and O–H groups in total. The predicted molar refractivity (Wildman–Crippen MR) is 217 cm³/mol. The van der Waals surface area contributed by atoms with E-state index in [0.29, 0.717) is 38.5 Å². The summed E-state index contributed by atoms with van der Waals surface area (Å²) in [5.74, 6) is -3.05. The zero-order chi connectivity index (χ0) is 42.6. The Kier molecular flexibility index (Phi) is 19.1. The maximum absolute atomic E-state index is 13.8. The number of nitrogens with two attached hydrogens (primary N) is 2. The number of carbonyl (C=O) groups is 7. The molecule has 0 spiro atoms. The van der Waals surface area contributed by atoms with Gasteiger partial charge in [-0.2, -0.15) is 0 Å². The highest BCUT2D eigenvalue weighted by Gasteiger charge is 2.35. The molecule has 0 bridgehead atoms. The van der Waals surface area contributed by atoms with Crippen molar-refractivity contribution in [2.24, 2.45) is 16.5 Å². The third kappa shape index (κ3) is 15.5. The molecule has 18 nitrogen and oxygen atoms in total. The number of phenols is 1. The van der Waals surface area contributed by atoms with Crippen LogP contribution in [0.25, 0.3) is 0 Å². The van der Waals surface area contributed by atoms with Gasteiger partial charge in [-0.1, -0.05) is 42.5 Å². The number of nitrogens with zero attached hydrogens (tertiary/aromatic N) is 2. The van der Waals surface area contributed by atoms with Crippen molar-refractivity contribution in [3.63, 3.8) is 0 Å². The molecule has 316 valence electrons. The van der Waals surface area contributed by atoms with Crippen molar-refractivity contribution in [1.29, 1.82) is 0 Å². The number of nitrogens with one attached hydrogen (secondary N) is 6. The fraction of sp³-hybridized carbons (Fsp3) is 0.500. The van der Waals surface area contributed by atoms with Crippen LogP contribution in [0.15, 0.2) is 59.6 Å². The van der Waals surface area contributed by atoms with E-state index in [2.05, 4.69) is 36.9 Å². The van der Waals surface area contributed by atoms with E-state index in [-0.39, 0.29) is 50.5 Å². The summed E-state index contributed by atoms with van der Waals surface area (Å²) in [6, 6.07) is 10.1. The summed E-state index contributed by atoms with van der Waals surface area (Å²) in [5, 5.41) is 26.1. The van der Waals surface area contributed by atoms with E-state index in [1.807, 2.05) is 30.3 Å². The minimum absolute atomic E-state index is 0.0579. The smallest absolute Gasteiger partial charge is 0.245 e. The number of rotatable bonds is 23. The lowest BCUT2D eigenvalue weighted by atomic mass is 10.0. The molecule has 18 heteroatoms. The van der Waals surface area contributed by atoms with Crippen LogP contribution in [0.3, 0.4) is 0 Å². The second-order valence-electron chi connectivity index (χ2n) is 14.3. The summed E-state index contributed by atoms with van der Waals surface area (Å²) < 4.78 is 0. The zero-order valence-corrected chi connectivity index (χ0v) is 33.4. The van der Waals surface area contributed by atoms with Gasteiger partial charge in [-0.25, -0.2) is 0 Å². The molecule has 58 heavy (non-hydrogen) atoms. The van der Waals surface area contributed by atoms with E-state index < -0.39 is 71.7 Å². The Morgan fingerprint density at radius 2 is 1.43 bits per heavy atom. The van der Waals surface area contributed by atoms with Gasteiger partial charge >= 0.3 is 0 Å². The van der Waals surface area contributed by atoms with Gasteiger partial charge < -0.3 is 58.2 Å². The normalized spacial score (nSPS) is 16.1. The number of guanidine groups is 1. The fourth-order valence-electron chi connectivity index (χ4n) is 6.53. The van der Waals surface area contributed by atoms with Crippen molar-refractivity contribution in [2.45, 2.75) is 101 Å². The van der Waals surface area contributed by atoms with Crippen LogP contribution >= 0.6 is 0 Å². The molecule has 6 amide bonds. The minimum atomic E-state index is -1.06. The molecule has 6 atom stereocenters. The van der Waals surface area contributed by atoms with Crippen LogP contribution in [0.5, 0.6) is 5.75 Å². The summed E-state index contributed by atoms with van der Waals surface area (Å²) >= 11 is 0. The molecule has 1 aliphatic rings. The van der Waals surface area contributed by atoms with E-state index in [4.69, 9.17) is 11.5 Å². The van der Waals surface area contributed by atoms with Crippen molar-refractivity contribution >= 4 is 47.7 Å². The molecule has 0 saturated carbocycles. The average molecular weight is 807 g/mol. The number of amides is 6. The second-order valence-corrected chi connectivity index (χ2v) is 14.3. The highest BCUT2D eigenvalue weighted by atomic mass is 16.3. The number of hydrogen-bond acceptors (Lipinski definition) is 10. The molecule has 3 unspecified atom stereocenters. The molecule has 1 aliphatic heterocycles. The summed E-state index contributed by atoms with van der Waals surface area (Å²) in [6.07, 6.45) is 3.11. The van der Waals surface area contributed by atoms with Crippen LogP contribution in [0.2, 0.25) is 0 Å². The van der Waals surface area contributed by atoms with Gasteiger partial charge in [0, 0.05) is 33.0 Å². The molecule has 2 aromatic carbocycles.